The van der Waals surface area contributed by atoms with Crippen LogP contribution in [0, 0.1) is 12.8 Å². The molecule has 0 aliphatic carbocycles. The fourth-order valence-corrected chi connectivity index (χ4v) is 5.05. The molecule has 1 unspecified atom stereocenters. The number of pyridine rings is 1. The van der Waals surface area contributed by atoms with Crippen molar-refractivity contribution in [1.82, 2.24) is 19.3 Å². The number of ether oxygens (including phenoxy) is 1. The van der Waals surface area contributed by atoms with Crippen molar-refractivity contribution in [2.45, 2.75) is 39.8 Å². The number of fused-ring (bicyclic) bond motifs is 1. The van der Waals surface area contributed by atoms with Crippen LogP contribution >= 0.6 is 11.3 Å². The topological polar surface area (TPSA) is 71.8 Å². The molecule has 1 atom stereocenters. The minimum absolute atomic E-state index is 0.172. The van der Waals surface area contributed by atoms with Gasteiger partial charge in [0.2, 0.25) is 0 Å². The molecule has 7 nitrogen and oxygen atoms in total. The summed E-state index contributed by atoms with van der Waals surface area (Å²) in [5, 5.41) is 5.58. The van der Waals surface area contributed by atoms with Crippen molar-refractivity contribution in [1.29, 1.82) is 0 Å². The zero-order valence-electron chi connectivity index (χ0n) is 19.5. The van der Waals surface area contributed by atoms with E-state index in [1.165, 1.54) is 29.7 Å². The Balaban J connectivity index is 1.14. The molecule has 1 aliphatic heterocycles. The molecule has 0 radical (unpaired) electrons. The number of nitrogens with zero attached hydrogens (tertiary/aromatic N) is 4. The van der Waals surface area contributed by atoms with Gasteiger partial charge in [-0.3, -0.25) is 15.0 Å². The number of imidazole rings is 1. The average molecular weight is 476 g/mol. The summed E-state index contributed by atoms with van der Waals surface area (Å²) in [4.78, 5) is 24.3. The van der Waals surface area contributed by atoms with E-state index >= 15 is 0 Å². The highest BCUT2D eigenvalue weighted by molar-refractivity contribution is 7.14. The molecule has 4 heterocycles. The summed E-state index contributed by atoms with van der Waals surface area (Å²) in [6, 6.07) is 11.2. The highest BCUT2D eigenvalue weighted by Crippen LogP contribution is 2.22. The van der Waals surface area contributed by atoms with Gasteiger partial charge in [-0.15, -0.1) is 11.3 Å². The maximum Gasteiger partial charge on any atom is 0.257 e. The molecule has 1 amide bonds. The number of piperidine rings is 1. The van der Waals surface area contributed by atoms with Crippen molar-refractivity contribution in [2.75, 3.05) is 18.4 Å². The molecule has 5 rings (SSSR count). The van der Waals surface area contributed by atoms with Crippen LogP contribution in [0.5, 0.6) is 5.75 Å². The normalized spacial score (nSPS) is 16.6. The first-order valence-corrected chi connectivity index (χ1v) is 12.5. The molecule has 3 aromatic heterocycles. The van der Waals surface area contributed by atoms with Crippen LogP contribution in [-0.4, -0.2) is 38.3 Å². The highest BCUT2D eigenvalue weighted by Gasteiger charge is 2.18. The Morgan fingerprint density at radius 2 is 2.00 bits per heavy atom. The molecular weight excluding hydrogens is 446 g/mol. The van der Waals surface area contributed by atoms with Gasteiger partial charge in [-0.25, -0.2) is 9.97 Å². The monoisotopic (exact) mass is 475 g/mol. The van der Waals surface area contributed by atoms with Crippen LogP contribution in [0.25, 0.3) is 5.65 Å². The van der Waals surface area contributed by atoms with Crippen LogP contribution in [0.4, 0.5) is 5.13 Å². The first-order chi connectivity index (χ1) is 16.5. The Morgan fingerprint density at radius 1 is 1.15 bits per heavy atom. The van der Waals surface area contributed by atoms with Gasteiger partial charge in [0.15, 0.2) is 5.13 Å². The summed E-state index contributed by atoms with van der Waals surface area (Å²) in [7, 11) is 0. The van der Waals surface area contributed by atoms with Gasteiger partial charge in [-0.1, -0.05) is 13.0 Å². The molecule has 1 N–H and O–H groups in total. The summed E-state index contributed by atoms with van der Waals surface area (Å²) >= 11 is 1.47. The largest absolute Gasteiger partial charge is 0.487 e. The number of hydrogen-bond donors (Lipinski definition) is 1. The molecule has 34 heavy (non-hydrogen) atoms. The van der Waals surface area contributed by atoms with E-state index in [2.05, 4.69) is 34.0 Å². The smallest absolute Gasteiger partial charge is 0.257 e. The number of likely N-dealkylation sites (tertiary alicyclic amines) is 1. The molecule has 4 aromatic rings. The summed E-state index contributed by atoms with van der Waals surface area (Å²) in [5.74, 6) is 1.26. The number of rotatable bonds is 7. The molecule has 1 saturated heterocycles. The van der Waals surface area contributed by atoms with Crippen molar-refractivity contribution in [2.24, 2.45) is 5.92 Å². The van der Waals surface area contributed by atoms with Crippen LogP contribution in [-0.2, 0) is 13.2 Å². The average Bonchev–Trinajstić information content (AvgIpc) is 3.44. The lowest BCUT2D eigenvalue weighted by Gasteiger charge is -2.30. The Hall–Kier alpha value is -3.23. The SMILES string of the molecule is Cc1ccc2nc(COc3ccc(C(=O)Nc4nc(CN5CCCC(C)C5)cs4)cc3)cn2c1. The molecule has 1 aliphatic rings. The third kappa shape index (κ3) is 5.46. The van der Waals surface area contributed by atoms with E-state index in [1.807, 2.05) is 34.3 Å². The number of anilines is 1. The zero-order chi connectivity index (χ0) is 23.5. The third-order valence-electron chi connectivity index (χ3n) is 6.05. The van der Waals surface area contributed by atoms with Gasteiger partial charge in [0.05, 0.1) is 11.4 Å². The number of hydrogen-bond acceptors (Lipinski definition) is 6. The summed E-state index contributed by atoms with van der Waals surface area (Å²) in [6.45, 7) is 7.80. The Kier molecular flexibility index (Phi) is 6.60. The van der Waals surface area contributed by atoms with Crippen molar-refractivity contribution in [3.05, 3.63) is 76.7 Å². The third-order valence-corrected chi connectivity index (χ3v) is 6.86. The Bertz CT molecular complexity index is 1280. The van der Waals surface area contributed by atoms with E-state index in [1.54, 1.807) is 24.3 Å². The summed E-state index contributed by atoms with van der Waals surface area (Å²) in [5.41, 5.74) is 4.51. The number of aromatic nitrogens is 3. The number of nitrogens with one attached hydrogen (secondary N) is 1. The lowest BCUT2D eigenvalue weighted by Crippen LogP contribution is -2.33. The predicted octanol–water partition coefficient (Wildman–Crippen LogP) is 5.16. The van der Waals surface area contributed by atoms with Gasteiger partial charge in [0.1, 0.15) is 18.0 Å². The number of carbonyl (C=O) groups excluding carboxylic acids is 1. The van der Waals surface area contributed by atoms with Crippen molar-refractivity contribution in [3.8, 4) is 5.75 Å². The van der Waals surface area contributed by atoms with E-state index < -0.39 is 0 Å². The molecule has 0 saturated carbocycles. The molecule has 176 valence electrons. The Labute approximate surface area is 203 Å². The first kappa shape index (κ1) is 22.6. The standard InChI is InChI=1S/C26H29N5O2S/c1-18-4-3-11-30(12-18)14-22-17-34-26(28-22)29-25(32)20-6-8-23(9-7-20)33-16-21-15-31-13-19(2)5-10-24(31)27-21/h5-10,13,15,17-18H,3-4,11-12,14,16H2,1-2H3,(H,28,29,32). The van der Waals surface area contributed by atoms with E-state index in [9.17, 15) is 4.79 Å². The second-order valence-electron chi connectivity index (χ2n) is 9.10. The minimum Gasteiger partial charge on any atom is -0.487 e. The number of thiazole rings is 1. The summed E-state index contributed by atoms with van der Waals surface area (Å²) < 4.78 is 7.86. The fraction of sp³-hybridized carbons (Fsp3) is 0.346. The van der Waals surface area contributed by atoms with E-state index in [4.69, 9.17) is 4.74 Å². The molecule has 0 bridgehead atoms. The van der Waals surface area contributed by atoms with Crippen LogP contribution < -0.4 is 10.1 Å². The molecule has 1 fully saturated rings. The van der Waals surface area contributed by atoms with Gasteiger partial charge >= 0.3 is 0 Å². The van der Waals surface area contributed by atoms with E-state index in [-0.39, 0.29) is 5.91 Å². The van der Waals surface area contributed by atoms with Crippen LogP contribution in [0.1, 0.15) is 47.1 Å². The maximum atomic E-state index is 12.7. The zero-order valence-corrected chi connectivity index (χ0v) is 20.3. The second kappa shape index (κ2) is 9.95. The van der Waals surface area contributed by atoms with Gasteiger partial charge in [0.25, 0.3) is 5.91 Å². The van der Waals surface area contributed by atoms with Crippen LogP contribution in [0.15, 0.2) is 54.2 Å². The van der Waals surface area contributed by atoms with Crippen molar-refractivity contribution < 1.29 is 9.53 Å². The van der Waals surface area contributed by atoms with Gasteiger partial charge in [0, 0.05) is 36.4 Å². The number of benzene rings is 1. The first-order valence-electron chi connectivity index (χ1n) is 11.7. The Morgan fingerprint density at radius 3 is 2.82 bits per heavy atom. The molecule has 0 spiro atoms. The molecular formula is C26H29N5O2S. The van der Waals surface area contributed by atoms with E-state index in [0.717, 1.165) is 42.6 Å². The van der Waals surface area contributed by atoms with Crippen molar-refractivity contribution >= 4 is 28.0 Å². The second-order valence-corrected chi connectivity index (χ2v) is 9.96. The lowest BCUT2D eigenvalue weighted by atomic mass is 10.0. The molecule has 8 heteroatoms. The number of amides is 1. The van der Waals surface area contributed by atoms with Gasteiger partial charge < -0.3 is 9.14 Å². The molecule has 1 aromatic carbocycles. The summed E-state index contributed by atoms with van der Waals surface area (Å²) in [6.07, 6.45) is 6.56. The number of aryl methyl sites for hydroxylation is 1. The maximum absolute atomic E-state index is 12.7. The van der Waals surface area contributed by atoms with E-state index in [0.29, 0.717) is 23.1 Å². The van der Waals surface area contributed by atoms with Gasteiger partial charge in [-0.05, 0) is 68.1 Å². The van der Waals surface area contributed by atoms with Crippen LogP contribution in [0.2, 0.25) is 0 Å². The fourth-order valence-electron chi connectivity index (χ4n) is 4.35. The predicted molar refractivity (Wildman–Crippen MR) is 134 cm³/mol. The lowest BCUT2D eigenvalue weighted by molar-refractivity contribution is 0.102. The minimum atomic E-state index is -0.172. The van der Waals surface area contributed by atoms with Gasteiger partial charge in [-0.2, -0.15) is 0 Å². The van der Waals surface area contributed by atoms with Crippen molar-refractivity contribution in [3.63, 3.8) is 0 Å². The quantitative estimate of drug-likeness (QED) is 0.400. The van der Waals surface area contributed by atoms with Crippen LogP contribution in [0.3, 0.4) is 0 Å². The highest BCUT2D eigenvalue weighted by atomic mass is 32.1. The number of carbonyl (C=O) groups is 1.